The number of nitrogens with two attached hydrogens (primary N) is 1. The highest BCUT2D eigenvalue weighted by molar-refractivity contribution is 7.13. The summed E-state index contributed by atoms with van der Waals surface area (Å²) in [5, 5.41) is 12.0. The Hall–Kier alpha value is -4.29. The van der Waals surface area contributed by atoms with Crippen LogP contribution in [0.4, 0.5) is 34.0 Å². The molecular formula is C28H28ClN9O2S. The number of hydrogen-bond acceptors (Lipinski definition) is 10. The fraction of sp³-hybridized carbons (Fsp3) is 0.286. The maximum Gasteiger partial charge on any atom is 0.273 e. The molecule has 5 heterocycles. The zero-order valence-corrected chi connectivity index (χ0v) is 23.6. The van der Waals surface area contributed by atoms with E-state index >= 15 is 0 Å². The Balaban J connectivity index is 1.14. The van der Waals surface area contributed by atoms with Gasteiger partial charge in [-0.15, -0.1) is 11.3 Å². The minimum atomic E-state index is -0.106. The lowest BCUT2D eigenvalue weighted by Crippen LogP contribution is -2.39. The Bertz CT molecular complexity index is 1600. The molecule has 3 aromatic heterocycles. The normalized spacial score (nSPS) is 15.0. The van der Waals surface area contributed by atoms with Crippen LogP contribution in [0.2, 0.25) is 5.02 Å². The van der Waals surface area contributed by atoms with E-state index in [1.54, 1.807) is 22.7 Å². The number of halogens is 1. The van der Waals surface area contributed by atoms with E-state index in [1.165, 1.54) is 11.3 Å². The maximum atomic E-state index is 13.1. The Morgan fingerprint density at radius 2 is 1.93 bits per heavy atom. The summed E-state index contributed by atoms with van der Waals surface area (Å²) < 4.78 is 0. The van der Waals surface area contributed by atoms with Crippen LogP contribution in [0, 0.1) is 5.92 Å². The van der Waals surface area contributed by atoms with Gasteiger partial charge in [-0.3, -0.25) is 14.6 Å². The van der Waals surface area contributed by atoms with Gasteiger partial charge in [0.15, 0.2) is 10.9 Å². The molecule has 13 heteroatoms. The monoisotopic (exact) mass is 589 g/mol. The average Bonchev–Trinajstić information content (AvgIpc) is 3.41. The standard InChI is InChI=1S/C28H28ClN9O2S/c29-21-14-32-28-34-20-9-17(12-31-13-20)1-2-18-11-19(33-25(21)37-28)3-4-22(18)35-24(39)10-16-5-7-38(8-6-16)26(40)23-15-41-27(30)36-23/h3-4,9,11-16H,1-2,5-8,10H2,(H2,30,36)(H,35,39)(H2,32,33,34,37). The number of carbonyl (C=O) groups excluding carboxylic acids is 2. The second-order valence-electron chi connectivity index (χ2n) is 10.2. The first-order valence-corrected chi connectivity index (χ1v) is 14.6. The van der Waals surface area contributed by atoms with Crippen molar-refractivity contribution in [2.75, 3.05) is 34.8 Å². The predicted molar refractivity (Wildman–Crippen MR) is 160 cm³/mol. The number of hydrogen-bond donors (Lipinski definition) is 4. The minimum absolute atomic E-state index is 0.0433. The Morgan fingerprint density at radius 3 is 2.73 bits per heavy atom. The highest BCUT2D eigenvalue weighted by Gasteiger charge is 2.26. The molecule has 2 aliphatic heterocycles. The zero-order chi connectivity index (χ0) is 28.3. The van der Waals surface area contributed by atoms with E-state index in [9.17, 15) is 9.59 Å². The van der Waals surface area contributed by atoms with Crippen LogP contribution in [-0.2, 0) is 17.6 Å². The number of aromatic nitrogens is 4. The Morgan fingerprint density at radius 1 is 1.07 bits per heavy atom. The number of pyridine rings is 1. The molecule has 0 atom stereocenters. The average molecular weight is 590 g/mol. The number of anilines is 6. The van der Waals surface area contributed by atoms with Gasteiger partial charge >= 0.3 is 0 Å². The van der Waals surface area contributed by atoms with Crippen molar-refractivity contribution in [3.8, 4) is 0 Å². The second-order valence-corrected chi connectivity index (χ2v) is 11.4. The van der Waals surface area contributed by atoms with Gasteiger partial charge in [-0.1, -0.05) is 11.6 Å². The maximum absolute atomic E-state index is 13.1. The van der Waals surface area contributed by atoms with Crippen LogP contribution in [0.5, 0.6) is 0 Å². The topological polar surface area (TPSA) is 151 Å². The molecular weight excluding hydrogens is 562 g/mol. The van der Waals surface area contributed by atoms with Gasteiger partial charge in [0, 0.05) is 42.5 Å². The predicted octanol–water partition coefficient (Wildman–Crippen LogP) is 5.03. The van der Waals surface area contributed by atoms with E-state index in [0.29, 0.717) is 53.5 Å². The van der Waals surface area contributed by atoms with Crippen LogP contribution >= 0.6 is 22.9 Å². The van der Waals surface area contributed by atoms with Crippen molar-refractivity contribution in [2.24, 2.45) is 5.92 Å². The Kier molecular flexibility index (Phi) is 7.66. The highest BCUT2D eigenvalue weighted by atomic mass is 35.5. The van der Waals surface area contributed by atoms with Gasteiger partial charge in [-0.2, -0.15) is 4.98 Å². The van der Waals surface area contributed by atoms with Gasteiger partial charge in [0.2, 0.25) is 11.9 Å². The molecule has 0 radical (unpaired) electrons. The van der Waals surface area contributed by atoms with E-state index in [-0.39, 0.29) is 17.7 Å². The number of thiazole rings is 1. The van der Waals surface area contributed by atoms with Gasteiger partial charge in [-0.25, -0.2) is 9.97 Å². The fourth-order valence-electron chi connectivity index (χ4n) is 5.10. The number of fused-ring (bicyclic) bond motifs is 6. The molecule has 1 saturated heterocycles. The summed E-state index contributed by atoms with van der Waals surface area (Å²) in [4.78, 5) is 44.8. The molecule has 0 aliphatic carbocycles. The third-order valence-corrected chi connectivity index (χ3v) is 8.19. The van der Waals surface area contributed by atoms with Crippen LogP contribution in [0.15, 0.2) is 48.2 Å². The third kappa shape index (κ3) is 6.39. The van der Waals surface area contributed by atoms with Gasteiger partial charge in [0.1, 0.15) is 10.7 Å². The summed E-state index contributed by atoms with van der Waals surface area (Å²) in [5.41, 5.74) is 10.4. The highest BCUT2D eigenvalue weighted by Crippen LogP contribution is 2.30. The molecule has 2 amide bonds. The van der Waals surface area contributed by atoms with E-state index in [4.69, 9.17) is 17.3 Å². The molecule has 11 nitrogen and oxygen atoms in total. The van der Waals surface area contributed by atoms with Crippen molar-refractivity contribution in [2.45, 2.75) is 32.1 Å². The molecule has 1 fully saturated rings. The van der Waals surface area contributed by atoms with Crippen LogP contribution < -0.4 is 21.7 Å². The summed E-state index contributed by atoms with van der Waals surface area (Å²) in [6.45, 7) is 1.18. The van der Waals surface area contributed by atoms with E-state index < -0.39 is 0 Å². The fourth-order valence-corrected chi connectivity index (χ4v) is 5.78. The van der Waals surface area contributed by atoms with Crippen molar-refractivity contribution in [3.63, 3.8) is 0 Å². The van der Waals surface area contributed by atoms with Gasteiger partial charge in [-0.05, 0) is 67.0 Å². The van der Waals surface area contributed by atoms with Crippen LogP contribution in [-0.4, -0.2) is 49.7 Å². The van der Waals surface area contributed by atoms with E-state index in [1.807, 2.05) is 30.5 Å². The SMILES string of the molecule is Nc1nc(C(=O)N2CCC(CC(=O)Nc3ccc4cc3CCc3cncc(c3)Nc3ncc(Cl)c(n3)N4)CC2)cs1. The van der Waals surface area contributed by atoms with E-state index in [2.05, 4.69) is 35.9 Å². The van der Waals surface area contributed by atoms with Gasteiger partial charge < -0.3 is 26.6 Å². The quantitative estimate of drug-likeness (QED) is 0.257. The summed E-state index contributed by atoms with van der Waals surface area (Å²) in [6.07, 6.45) is 8.42. The van der Waals surface area contributed by atoms with Crippen LogP contribution in [0.1, 0.15) is 40.9 Å². The lowest BCUT2D eigenvalue weighted by molar-refractivity contribution is -0.117. The van der Waals surface area contributed by atoms with Crippen molar-refractivity contribution in [1.82, 2.24) is 24.8 Å². The smallest absolute Gasteiger partial charge is 0.273 e. The number of nitrogens with zero attached hydrogens (tertiary/aromatic N) is 5. The van der Waals surface area contributed by atoms with Crippen LogP contribution in [0.3, 0.4) is 0 Å². The molecule has 0 saturated carbocycles. The molecule has 6 bridgehead atoms. The van der Waals surface area contributed by atoms with E-state index in [0.717, 1.165) is 47.5 Å². The lowest BCUT2D eigenvalue weighted by atomic mass is 9.93. The Labute approximate surface area is 245 Å². The molecule has 5 N–H and O–H groups in total. The molecule has 41 heavy (non-hydrogen) atoms. The number of piperidine rings is 1. The summed E-state index contributed by atoms with van der Waals surface area (Å²) >= 11 is 7.63. The zero-order valence-electron chi connectivity index (χ0n) is 22.1. The number of rotatable bonds is 4. The number of nitrogen functional groups attached to an aromatic ring is 1. The number of carbonyl (C=O) groups is 2. The number of likely N-dealkylation sites (tertiary alicyclic amines) is 1. The lowest BCUT2D eigenvalue weighted by Gasteiger charge is -2.31. The molecule has 0 unspecified atom stereocenters. The summed E-state index contributed by atoms with van der Waals surface area (Å²) in [5.74, 6) is 0.922. The van der Waals surface area contributed by atoms with Gasteiger partial charge in [0.05, 0.1) is 18.1 Å². The summed E-state index contributed by atoms with van der Waals surface area (Å²) in [7, 11) is 0. The third-order valence-electron chi connectivity index (χ3n) is 7.24. The number of nitrogens with one attached hydrogen (secondary N) is 3. The molecule has 0 spiro atoms. The van der Waals surface area contributed by atoms with Crippen LogP contribution in [0.25, 0.3) is 0 Å². The first-order valence-electron chi connectivity index (χ1n) is 13.3. The number of benzene rings is 1. The second kappa shape index (κ2) is 11.7. The molecule has 4 aromatic rings. The van der Waals surface area contributed by atoms with Crippen molar-refractivity contribution >= 4 is 68.7 Å². The molecule has 1 aromatic carbocycles. The molecule has 210 valence electrons. The summed E-state index contributed by atoms with van der Waals surface area (Å²) in [6, 6.07) is 7.81. The number of amides is 2. The van der Waals surface area contributed by atoms with Crippen molar-refractivity contribution in [1.29, 1.82) is 0 Å². The first-order chi connectivity index (χ1) is 19.9. The van der Waals surface area contributed by atoms with Crippen molar-refractivity contribution in [3.05, 3.63) is 70.1 Å². The van der Waals surface area contributed by atoms with Gasteiger partial charge in [0.25, 0.3) is 5.91 Å². The van der Waals surface area contributed by atoms with Crippen molar-refractivity contribution < 1.29 is 9.59 Å². The first kappa shape index (κ1) is 26.9. The minimum Gasteiger partial charge on any atom is -0.375 e. The number of aryl methyl sites for hydroxylation is 2. The molecule has 6 rings (SSSR count). The largest absolute Gasteiger partial charge is 0.375 e. The molecule has 2 aliphatic rings.